The Hall–Kier alpha value is -1.81. The minimum atomic E-state index is -0.218. The van der Waals surface area contributed by atoms with Crippen LogP contribution in [0.25, 0.3) is 0 Å². The third kappa shape index (κ3) is 4.70. The van der Waals surface area contributed by atoms with E-state index in [4.69, 9.17) is 0 Å². The van der Waals surface area contributed by atoms with Crippen molar-refractivity contribution >= 4 is 17.7 Å². The van der Waals surface area contributed by atoms with Gasteiger partial charge < -0.3 is 5.32 Å². The summed E-state index contributed by atoms with van der Waals surface area (Å²) in [4.78, 5) is 12.8. The number of nitrogens with one attached hydrogen (secondary N) is 1. The molecule has 2 aromatic carbocycles. The van der Waals surface area contributed by atoms with Gasteiger partial charge in [-0.15, -0.1) is 11.8 Å². The van der Waals surface area contributed by atoms with Crippen LogP contribution in [0.2, 0.25) is 0 Å². The smallest absolute Gasteiger partial charge is 0.251 e. The molecule has 0 unspecified atom stereocenters. The maximum absolute atomic E-state index is 12.7. The molecule has 0 aromatic heterocycles. The second-order valence-electron chi connectivity index (χ2n) is 4.28. The van der Waals surface area contributed by atoms with Crippen molar-refractivity contribution in [2.75, 3.05) is 12.3 Å². The normalized spacial score (nSPS) is 10.2. The second-order valence-corrected chi connectivity index (χ2v) is 5.45. The van der Waals surface area contributed by atoms with E-state index in [0.717, 1.165) is 17.1 Å². The highest BCUT2D eigenvalue weighted by Crippen LogP contribution is 2.18. The van der Waals surface area contributed by atoms with E-state index in [-0.39, 0.29) is 11.7 Å². The molecule has 2 aromatic rings. The van der Waals surface area contributed by atoms with Gasteiger partial charge in [0.2, 0.25) is 0 Å². The highest BCUT2D eigenvalue weighted by molar-refractivity contribution is 7.99. The summed E-state index contributed by atoms with van der Waals surface area (Å²) < 4.78 is 12.7. The molecule has 2 rings (SSSR count). The minimum Gasteiger partial charge on any atom is -0.352 e. The molecule has 2 nitrogen and oxygen atoms in total. The van der Waals surface area contributed by atoms with Gasteiger partial charge in [-0.1, -0.05) is 18.2 Å². The first-order valence-electron chi connectivity index (χ1n) is 6.47. The van der Waals surface area contributed by atoms with Crippen LogP contribution in [-0.2, 0) is 0 Å². The summed E-state index contributed by atoms with van der Waals surface area (Å²) in [7, 11) is 0. The molecule has 0 radical (unpaired) electrons. The average molecular weight is 289 g/mol. The first-order chi connectivity index (χ1) is 9.75. The molecule has 104 valence electrons. The molecule has 1 N–H and O–H groups in total. The van der Waals surface area contributed by atoms with Gasteiger partial charge in [0.25, 0.3) is 5.91 Å². The van der Waals surface area contributed by atoms with E-state index in [1.807, 2.05) is 18.2 Å². The van der Waals surface area contributed by atoms with E-state index in [0.29, 0.717) is 12.1 Å². The Morgan fingerprint density at radius 3 is 2.45 bits per heavy atom. The molecule has 4 heteroatoms. The van der Waals surface area contributed by atoms with Crippen molar-refractivity contribution in [3.8, 4) is 0 Å². The first kappa shape index (κ1) is 14.6. The Morgan fingerprint density at radius 2 is 1.75 bits per heavy atom. The molecule has 20 heavy (non-hydrogen) atoms. The topological polar surface area (TPSA) is 29.1 Å². The number of thioether (sulfide) groups is 1. The van der Waals surface area contributed by atoms with Gasteiger partial charge in [-0.25, -0.2) is 4.39 Å². The molecule has 0 saturated carbocycles. The minimum absolute atomic E-state index is 0.0441. The molecule has 0 aliphatic carbocycles. The van der Waals surface area contributed by atoms with Crippen LogP contribution in [0.1, 0.15) is 16.8 Å². The summed E-state index contributed by atoms with van der Waals surface area (Å²) in [6, 6.07) is 15.6. The number of amides is 1. The number of hydrogen-bond donors (Lipinski definition) is 1. The number of hydrogen-bond acceptors (Lipinski definition) is 2. The van der Waals surface area contributed by atoms with Crippen LogP contribution in [0.15, 0.2) is 59.5 Å². The molecular formula is C16H16FNOS. The molecule has 0 spiro atoms. The van der Waals surface area contributed by atoms with Gasteiger partial charge in [0.05, 0.1) is 0 Å². The molecule has 1 amide bonds. The zero-order chi connectivity index (χ0) is 14.2. The summed E-state index contributed by atoms with van der Waals surface area (Å²) in [5.74, 6) is 0.627. The standard InChI is InChI=1S/C16H16FNOS/c17-14-7-9-15(10-8-14)20-12-4-11-18-16(19)13-5-2-1-3-6-13/h1-3,5-10H,4,11-12H2,(H,18,19). The average Bonchev–Trinajstić information content (AvgIpc) is 2.49. The summed E-state index contributed by atoms with van der Waals surface area (Å²) in [5.41, 5.74) is 0.679. The lowest BCUT2D eigenvalue weighted by atomic mass is 10.2. The Labute approximate surface area is 122 Å². The van der Waals surface area contributed by atoms with E-state index in [1.54, 1.807) is 36.0 Å². The SMILES string of the molecule is O=C(NCCCSc1ccc(F)cc1)c1ccccc1. The zero-order valence-electron chi connectivity index (χ0n) is 11.0. The van der Waals surface area contributed by atoms with Crippen LogP contribution < -0.4 is 5.32 Å². The largest absolute Gasteiger partial charge is 0.352 e. The number of rotatable bonds is 6. The lowest BCUT2D eigenvalue weighted by Crippen LogP contribution is -2.24. The lowest BCUT2D eigenvalue weighted by Gasteiger charge is -2.05. The first-order valence-corrected chi connectivity index (χ1v) is 7.46. The van der Waals surface area contributed by atoms with E-state index in [9.17, 15) is 9.18 Å². The maximum atomic E-state index is 12.7. The van der Waals surface area contributed by atoms with Crippen molar-refractivity contribution in [2.45, 2.75) is 11.3 Å². The Morgan fingerprint density at radius 1 is 1.05 bits per heavy atom. The molecule has 0 bridgehead atoms. The van der Waals surface area contributed by atoms with Gasteiger partial charge in [-0.05, 0) is 48.6 Å². The van der Waals surface area contributed by atoms with E-state index in [1.165, 1.54) is 12.1 Å². The molecular weight excluding hydrogens is 273 g/mol. The molecule has 0 saturated heterocycles. The molecule has 0 fully saturated rings. The monoisotopic (exact) mass is 289 g/mol. The summed E-state index contributed by atoms with van der Waals surface area (Å²) in [6.45, 7) is 0.641. The van der Waals surface area contributed by atoms with Crippen molar-refractivity contribution in [3.05, 3.63) is 66.0 Å². The highest BCUT2D eigenvalue weighted by atomic mass is 32.2. The molecule has 0 atom stereocenters. The van der Waals surface area contributed by atoms with Crippen LogP contribution in [0.3, 0.4) is 0 Å². The summed E-state index contributed by atoms with van der Waals surface area (Å²) in [5, 5.41) is 2.88. The van der Waals surface area contributed by atoms with Crippen LogP contribution in [-0.4, -0.2) is 18.2 Å². The third-order valence-electron chi connectivity index (χ3n) is 2.73. The van der Waals surface area contributed by atoms with Gasteiger partial charge in [-0.2, -0.15) is 0 Å². The molecule has 0 aliphatic heterocycles. The van der Waals surface area contributed by atoms with E-state index >= 15 is 0 Å². The third-order valence-corrected chi connectivity index (χ3v) is 3.82. The van der Waals surface area contributed by atoms with Crippen LogP contribution in [0.5, 0.6) is 0 Å². The lowest BCUT2D eigenvalue weighted by molar-refractivity contribution is 0.0954. The fraction of sp³-hybridized carbons (Fsp3) is 0.188. The Bertz CT molecular complexity index is 542. The van der Waals surface area contributed by atoms with Crippen LogP contribution >= 0.6 is 11.8 Å². The highest BCUT2D eigenvalue weighted by Gasteiger charge is 2.02. The van der Waals surface area contributed by atoms with Gasteiger partial charge in [-0.3, -0.25) is 4.79 Å². The fourth-order valence-corrected chi connectivity index (χ4v) is 2.54. The predicted octanol–water partition coefficient (Wildman–Crippen LogP) is 3.74. The zero-order valence-corrected chi connectivity index (χ0v) is 11.8. The van der Waals surface area contributed by atoms with E-state index in [2.05, 4.69) is 5.32 Å². The quantitative estimate of drug-likeness (QED) is 0.648. The Kier molecular flexibility index (Phi) is 5.62. The second kappa shape index (κ2) is 7.70. The molecule has 0 heterocycles. The Balaban J connectivity index is 1.64. The molecule has 0 aliphatic rings. The van der Waals surface area contributed by atoms with Crippen LogP contribution in [0, 0.1) is 5.82 Å². The van der Waals surface area contributed by atoms with Crippen molar-refractivity contribution in [2.24, 2.45) is 0 Å². The predicted molar refractivity (Wildman–Crippen MR) is 80.5 cm³/mol. The van der Waals surface area contributed by atoms with Crippen molar-refractivity contribution in [3.63, 3.8) is 0 Å². The van der Waals surface area contributed by atoms with Crippen molar-refractivity contribution < 1.29 is 9.18 Å². The van der Waals surface area contributed by atoms with Gasteiger partial charge in [0.1, 0.15) is 5.82 Å². The van der Waals surface area contributed by atoms with Gasteiger partial charge in [0.15, 0.2) is 0 Å². The fourth-order valence-electron chi connectivity index (χ4n) is 1.69. The van der Waals surface area contributed by atoms with Gasteiger partial charge in [0, 0.05) is 17.0 Å². The van der Waals surface area contributed by atoms with E-state index < -0.39 is 0 Å². The summed E-state index contributed by atoms with van der Waals surface area (Å²) in [6.07, 6.45) is 0.876. The number of halogens is 1. The number of benzene rings is 2. The maximum Gasteiger partial charge on any atom is 0.251 e. The number of carbonyl (C=O) groups is 1. The van der Waals surface area contributed by atoms with Crippen molar-refractivity contribution in [1.29, 1.82) is 0 Å². The summed E-state index contributed by atoms with van der Waals surface area (Å²) >= 11 is 1.66. The van der Waals surface area contributed by atoms with Crippen molar-refractivity contribution in [1.82, 2.24) is 5.32 Å². The van der Waals surface area contributed by atoms with Gasteiger partial charge >= 0.3 is 0 Å². The number of carbonyl (C=O) groups excluding carboxylic acids is 1. The van der Waals surface area contributed by atoms with Crippen LogP contribution in [0.4, 0.5) is 4.39 Å².